The third-order valence-electron chi connectivity index (χ3n) is 2.82. The molecule has 5 nitrogen and oxygen atoms in total. The molecule has 1 saturated heterocycles. The molecule has 1 aromatic rings. The number of ether oxygens (including phenoxy) is 1. The second-order valence-electron chi connectivity index (χ2n) is 4.03. The van der Waals surface area contributed by atoms with Crippen LogP contribution in [0, 0.1) is 15.9 Å². The fourth-order valence-corrected chi connectivity index (χ4v) is 2.31. The van der Waals surface area contributed by atoms with Gasteiger partial charge in [0.1, 0.15) is 5.82 Å². The van der Waals surface area contributed by atoms with Crippen LogP contribution in [-0.2, 0) is 11.3 Å². The minimum Gasteiger partial charge on any atom is -0.379 e. The standard InChI is InChI=1S/C11H12BrFN2O3/c12-8-5-10(13)9(11(6-8)15(16)17)7-14-1-3-18-4-2-14/h5-6H,1-4,7H2. The van der Waals surface area contributed by atoms with Gasteiger partial charge in [0.25, 0.3) is 5.69 Å². The molecule has 0 aromatic heterocycles. The number of nitro benzene ring substituents is 1. The Hall–Kier alpha value is -1.05. The van der Waals surface area contributed by atoms with E-state index in [1.165, 1.54) is 12.1 Å². The van der Waals surface area contributed by atoms with Crippen LogP contribution in [0.2, 0.25) is 0 Å². The second-order valence-corrected chi connectivity index (χ2v) is 4.95. The molecule has 7 heteroatoms. The number of rotatable bonds is 3. The molecule has 1 heterocycles. The normalized spacial score (nSPS) is 16.8. The lowest BCUT2D eigenvalue weighted by Gasteiger charge is -2.26. The van der Waals surface area contributed by atoms with E-state index in [4.69, 9.17) is 4.74 Å². The van der Waals surface area contributed by atoms with Crippen LogP contribution in [0.3, 0.4) is 0 Å². The molecule has 0 atom stereocenters. The van der Waals surface area contributed by atoms with E-state index in [1.54, 1.807) is 0 Å². The average molecular weight is 319 g/mol. The highest BCUT2D eigenvalue weighted by Crippen LogP contribution is 2.28. The van der Waals surface area contributed by atoms with Crippen LogP contribution in [0.25, 0.3) is 0 Å². The van der Waals surface area contributed by atoms with Crippen molar-refractivity contribution in [2.45, 2.75) is 6.54 Å². The first-order valence-corrected chi connectivity index (χ1v) is 6.29. The molecule has 0 amide bonds. The topological polar surface area (TPSA) is 55.6 Å². The minimum atomic E-state index is -0.553. The van der Waals surface area contributed by atoms with Crippen molar-refractivity contribution in [2.75, 3.05) is 26.3 Å². The summed E-state index contributed by atoms with van der Waals surface area (Å²) in [6.07, 6.45) is 0. The first kappa shape index (κ1) is 13.4. The van der Waals surface area contributed by atoms with Crippen molar-refractivity contribution in [3.8, 4) is 0 Å². The fraction of sp³-hybridized carbons (Fsp3) is 0.455. The molecule has 98 valence electrons. The summed E-state index contributed by atoms with van der Waals surface area (Å²) in [7, 11) is 0. The zero-order chi connectivity index (χ0) is 13.1. The van der Waals surface area contributed by atoms with Crippen LogP contribution in [0.4, 0.5) is 10.1 Å². The minimum absolute atomic E-state index is 0.130. The van der Waals surface area contributed by atoms with Gasteiger partial charge in [-0.05, 0) is 6.07 Å². The van der Waals surface area contributed by atoms with E-state index in [9.17, 15) is 14.5 Å². The Morgan fingerprint density at radius 3 is 2.72 bits per heavy atom. The second kappa shape index (κ2) is 5.73. The van der Waals surface area contributed by atoms with Gasteiger partial charge in [-0.3, -0.25) is 15.0 Å². The molecule has 2 rings (SSSR count). The SMILES string of the molecule is O=[N+]([O-])c1cc(Br)cc(F)c1CN1CCOCC1. The molecule has 0 spiro atoms. The molecule has 1 aliphatic heterocycles. The van der Waals surface area contributed by atoms with Gasteiger partial charge in [-0.25, -0.2) is 4.39 Å². The van der Waals surface area contributed by atoms with Crippen molar-refractivity contribution in [3.05, 3.63) is 38.1 Å². The molecule has 1 aliphatic rings. The summed E-state index contributed by atoms with van der Waals surface area (Å²) in [6, 6.07) is 2.58. The van der Waals surface area contributed by atoms with Crippen molar-refractivity contribution in [2.24, 2.45) is 0 Å². The predicted octanol–water partition coefficient (Wildman–Crippen LogP) is 2.33. The number of benzene rings is 1. The summed E-state index contributed by atoms with van der Waals surface area (Å²) >= 11 is 3.06. The largest absolute Gasteiger partial charge is 0.379 e. The van der Waals surface area contributed by atoms with E-state index < -0.39 is 10.7 Å². The maximum Gasteiger partial charge on any atom is 0.277 e. The number of morpholine rings is 1. The van der Waals surface area contributed by atoms with Crippen molar-refractivity contribution >= 4 is 21.6 Å². The third-order valence-corrected chi connectivity index (χ3v) is 3.28. The summed E-state index contributed by atoms with van der Waals surface area (Å²) in [5.41, 5.74) is -0.0570. The summed E-state index contributed by atoms with van der Waals surface area (Å²) in [5.74, 6) is -0.553. The predicted molar refractivity (Wildman–Crippen MR) is 66.9 cm³/mol. The molecule has 0 saturated carbocycles. The summed E-state index contributed by atoms with van der Waals surface area (Å²) in [6.45, 7) is 2.70. The molecule has 1 fully saturated rings. The van der Waals surface area contributed by atoms with Gasteiger partial charge in [-0.1, -0.05) is 15.9 Å². The zero-order valence-electron chi connectivity index (χ0n) is 9.57. The van der Waals surface area contributed by atoms with E-state index >= 15 is 0 Å². The van der Waals surface area contributed by atoms with Crippen molar-refractivity contribution in [1.82, 2.24) is 4.90 Å². The lowest BCUT2D eigenvalue weighted by Crippen LogP contribution is -2.36. The van der Waals surface area contributed by atoms with Crippen LogP contribution in [0.5, 0.6) is 0 Å². The highest BCUT2D eigenvalue weighted by molar-refractivity contribution is 9.10. The van der Waals surface area contributed by atoms with Gasteiger partial charge < -0.3 is 4.74 Å². The van der Waals surface area contributed by atoms with Crippen LogP contribution in [-0.4, -0.2) is 36.1 Å². The lowest BCUT2D eigenvalue weighted by molar-refractivity contribution is -0.386. The first-order chi connectivity index (χ1) is 8.58. The highest BCUT2D eigenvalue weighted by Gasteiger charge is 2.22. The molecular weight excluding hydrogens is 307 g/mol. The van der Waals surface area contributed by atoms with Crippen molar-refractivity contribution in [1.29, 1.82) is 0 Å². The molecule has 0 N–H and O–H groups in total. The molecule has 18 heavy (non-hydrogen) atoms. The number of hydrogen-bond acceptors (Lipinski definition) is 4. The molecule has 0 radical (unpaired) electrons. The Morgan fingerprint density at radius 2 is 2.11 bits per heavy atom. The summed E-state index contributed by atoms with van der Waals surface area (Å²) in [4.78, 5) is 12.3. The third kappa shape index (κ3) is 3.04. The molecule has 0 bridgehead atoms. The van der Waals surface area contributed by atoms with Crippen molar-refractivity contribution < 1.29 is 14.1 Å². The Kier molecular flexibility index (Phi) is 4.26. The van der Waals surface area contributed by atoms with Crippen LogP contribution in [0.1, 0.15) is 5.56 Å². The van der Waals surface area contributed by atoms with E-state index in [-0.39, 0.29) is 17.8 Å². The number of halogens is 2. The lowest BCUT2D eigenvalue weighted by atomic mass is 10.1. The Bertz CT molecular complexity index is 464. The Morgan fingerprint density at radius 1 is 1.44 bits per heavy atom. The van der Waals surface area contributed by atoms with Crippen LogP contribution >= 0.6 is 15.9 Å². The monoisotopic (exact) mass is 318 g/mol. The van der Waals surface area contributed by atoms with Gasteiger partial charge in [-0.15, -0.1) is 0 Å². The van der Waals surface area contributed by atoms with Crippen molar-refractivity contribution in [3.63, 3.8) is 0 Å². The van der Waals surface area contributed by atoms with Gasteiger partial charge in [0, 0.05) is 30.2 Å². The van der Waals surface area contributed by atoms with E-state index in [1.807, 2.05) is 4.90 Å². The number of nitro groups is 1. The van der Waals surface area contributed by atoms with Gasteiger partial charge in [0.2, 0.25) is 0 Å². The summed E-state index contributed by atoms with van der Waals surface area (Å²) < 4.78 is 19.4. The van der Waals surface area contributed by atoms with Gasteiger partial charge in [0.15, 0.2) is 0 Å². The molecule has 0 unspecified atom stereocenters. The van der Waals surface area contributed by atoms with E-state index in [2.05, 4.69) is 15.9 Å². The smallest absolute Gasteiger partial charge is 0.277 e. The molecule has 1 aromatic carbocycles. The molecular formula is C11H12BrFN2O3. The van der Waals surface area contributed by atoms with Crippen LogP contribution in [0.15, 0.2) is 16.6 Å². The maximum atomic E-state index is 13.8. The average Bonchev–Trinajstić information content (AvgIpc) is 2.33. The Labute approximate surface area is 112 Å². The highest BCUT2D eigenvalue weighted by atomic mass is 79.9. The fourth-order valence-electron chi connectivity index (χ4n) is 1.89. The van der Waals surface area contributed by atoms with E-state index in [0.717, 1.165) is 0 Å². The number of hydrogen-bond donors (Lipinski definition) is 0. The van der Waals surface area contributed by atoms with E-state index in [0.29, 0.717) is 30.8 Å². The maximum absolute atomic E-state index is 13.8. The van der Waals surface area contributed by atoms with Crippen LogP contribution < -0.4 is 0 Å². The van der Waals surface area contributed by atoms with Gasteiger partial charge >= 0.3 is 0 Å². The quantitative estimate of drug-likeness (QED) is 0.634. The van der Waals surface area contributed by atoms with Gasteiger partial charge in [-0.2, -0.15) is 0 Å². The summed E-state index contributed by atoms with van der Waals surface area (Å²) in [5, 5.41) is 10.9. The van der Waals surface area contributed by atoms with Gasteiger partial charge in [0.05, 0.1) is 23.7 Å². The Balaban J connectivity index is 2.27. The first-order valence-electron chi connectivity index (χ1n) is 5.50. The molecule has 0 aliphatic carbocycles. The number of nitrogens with zero attached hydrogens (tertiary/aromatic N) is 2. The zero-order valence-corrected chi connectivity index (χ0v) is 11.2.